The van der Waals surface area contributed by atoms with Gasteiger partial charge in [0.25, 0.3) is 5.91 Å². The maximum absolute atomic E-state index is 12.2. The molecule has 2 aromatic rings. The summed E-state index contributed by atoms with van der Waals surface area (Å²) in [5.41, 5.74) is 5.77. The van der Waals surface area contributed by atoms with Crippen LogP contribution < -0.4 is 16.6 Å². The summed E-state index contributed by atoms with van der Waals surface area (Å²) in [6, 6.07) is 9.21. The van der Waals surface area contributed by atoms with Crippen molar-refractivity contribution in [1.29, 1.82) is 0 Å². The Hall–Kier alpha value is -2.40. The Morgan fingerprint density at radius 2 is 2.05 bits per heavy atom. The van der Waals surface area contributed by atoms with Crippen molar-refractivity contribution < 1.29 is 4.79 Å². The van der Waals surface area contributed by atoms with Crippen molar-refractivity contribution in [2.75, 3.05) is 10.7 Å². The molecule has 0 aliphatic carbocycles. The van der Waals surface area contributed by atoms with Gasteiger partial charge in [-0.05, 0) is 37.6 Å². The second-order valence-corrected chi connectivity index (χ2v) is 4.32. The van der Waals surface area contributed by atoms with Crippen molar-refractivity contribution in [1.82, 2.24) is 4.98 Å². The Morgan fingerprint density at radius 1 is 1.26 bits per heavy atom. The van der Waals surface area contributed by atoms with E-state index >= 15 is 0 Å². The van der Waals surface area contributed by atoms with Crippen LogP contribution in [0.15, 0.2) is 36.5 Å². The van der Waals surface area contributed by atoms with Crippen LogP contribution in [0.1, 0.15) is 21.5 Å². The van der Waals surface area contributed by atoms with E-state index in [-0.39, 0.29) is 5.91 Å². The molecule has 0 spiro atoms. The fourth-order valence-electron chi connectivity index (χ4n) is 1.85. The highest BCUT2D eigenvalue weighted by molar-refractivity contribution is 6.07. The lowest BCUT2D eigenvalue weighted by atomic mass is 10.1. The smallest absolute Gasteiger partial charge is 0.259 e. The summed E-state index contributed by atoms with van der Waals surface area (Å²) in [7, 11) is 0. The molecule has 0 bridgehead atoms. The monoisotopic (exact) mass is 256 g/mol. The summed E-state index contributed by atoms with van der Waals surface area (Å²) < 4.78 is 0. The number of carbonyl (C=O) groups is 1. The van der Waals surface area contributed by atoms with E-state index in [4.69, 9.17) is 5.84 Å². The minimum Gasteiger partial charge on any atom is -0.322 e. The molecule has 0 aliphatic heterocycles. The largest absolute Gasteiger partial charge is 0.322 e. The summed E-state index contributed by atoms with van der Waals surface area (Å²) in [5, 5.41) is 2.85. The highest BCUT2D eigenvalue weighted by atomic mass is 16.1. The third kappa shape index (κ3) is 2.89. The molecule has 2 rings (SSSR count). The molecular weight excluding hydrogens is 240 g/mol. The molecule has 4 N–H and O–H groups in total. The van der Waals surface area contributed by atoms with Crippen LogP contribution in [0.5, 0.6) is 0 Å². The zero-order chi connectivity index (χ0) is 13.8. The quantitative estimate of drug-likeness (QED) is 0.581. The van der Waals surface area contributed by atoms with E-state index in [9.17, 15) is 4.79 Å². The van der Waals surface area contributed by atoms with Gasteiger partial charge in [-0.25, -0.2) is 10.8 Å². The first-order valence-corrected chi connectivity index (χ1v) is 5.92. The first-order chi connectivity index (χ1) is 9.11. The minimum atomic E-state index is -0.243. The molecule has 1 amide bonds. The average Bonchev–Trinajstić information content (AvgIpc) is 2.41. The van der Waals surface area contributed by atoms with Gasteiger partial charge in [0.05, 0.1) is 5.56 Å². The highest BCUT2D eigenvalue weighted by Gasteiger charge is 2.12. The van der Waals surface area contributed by atoms with E-state index < -0.39 is 0 Å². The highest BCUT2D eigenvalue weighted by Crippen LogP contribution is 2.18. The third-order valence-electron chi connectivity index (χ3n) is 2.82. The van der Waals surface area contributed by atoms with Gasteiger partial charge in [0.2, 0.25) is 0 Å². The van der Waals surface area contributed by atoms with Crippen molar-refractivity contribution in [3.05, 3.63) is 53.2 Å². The van der Waals surface area contributed by atoms with Gasteiger partial charge >= 0.3 is 0 Å². The number of hydrogen-bond donors (Lipinski definition) is 3. The second kappa shape index (κ2) is 5.49. The molecule has 5 nitrogen and oxygen atoms in total. The number of nitrogen functional groups attached to an aromatic ring is 1. The minimum absolute atomic E-state index is 0.243. The van der Waals surface area contributed by atoms with Crippen molar-refractivity contribution >= 4 is 17.4 Å². The molecular formula is C14H16N4O. The van der Waals surface area contributed by atoms with Crippen LogP contribution >= 0.6 is 0 Å². The number of nitrogens with one attached hydrogen (secondary N) is 2. The number of aromatic nitrogens is 1. The summed E-state index contributed by atoms with van der Waals surface area (Å²) in [5.74, 6) is 5.45. The standard InChI is InChI=1S/C14H16N4O/c1-9-5-6-12(10(2)8-9)17-14(19)11-4-3-7-16-13(11)18-15/h3-8H,15H2,1-2H3,(H,16,18)(H,17,19). The van der Waals surface area contributed by atoms with Crippen LogP contribution in [0, 0.1) is 13.8 Å². The molecule has 1 aromatic heterocycles. The van der Waals surface area contributed by atoms with E-state index in [0.717, 1.165) is 16.8 Å². The Balaban J connectivity index is 2.26. The maximum atomic E-state index is 12.2. The maximum Gasteiger partial charge on any atom is 0.259 e. The summed E-state index contributed by atoms with van der Waals surface area (Å²) in [6.07, 6.45) is 1.57. The van der Waals surface area contributed by atoms with Crippen LogP contribution in [0.3, 0.4) is 0 Å². The van der Waals surface area contributed by atoms with Crippen molar-refractivity contribution in [3.63, 3.8) is 0 Å². The lowest BCUT2D eigenvalue weighted by molar-refractivity contribution is 0.102. The van der Waals surface area contributed by atoms with Gasteiger partial charge in [0, 0.05) is 11.9 Å². The number of benzene rings is 1. The number of pyridine rings is 1. The third-order valence-corrected chi connectivity index (χ3v) is 2.82. The summed E-state index contributed by atoms with van der Waals surface area (Å²) >= 11 is 0. The van der Waals surface area contributed by atoms with Crippen molar-refractivity contribution in [2.45, 2.75) is 13.8 Å². The number of carbonyl (C=O) groups excluding carboxylic acids is 1. The number of nitrogens with zero attached hydrogens (tertiary/aromatic N) is 1. The van der Waals surface area contributed by atoms with Gasteiger partial charge in [-0.2, -0.15) is 0 Å². The number of nitrogens with two attached hydrogens (primary N) is 1. The van der Waals surface area contributed by atoms with Gasteiger partial charge in [0.1, 0.15) is 0 Å². The van der Waals surface area contributed by atoms with E-state index in [1.807, 2.05) is 32.0 Å². The lowest BCUT2D eigenvalue weighted by Gasteiger charge is -2.11. The van der Waals surface area contributed by atoms with Crippen LogP contribution in [0.25, 0.3) is 0 Å². The first kappa shape index (κ1) is 13.0. The van der Waals surface area contributed by atoms with Crippen LogP contribution in [-0.4, -0.2) is 10.9 Å². The second-order valence-electron chi connectivity index (χ2n) is 4.32. The fraction of sp³-hybridized carbons (Fsp3) is 0.143. The van der Waals surface area contributed by atoms with Crippen molar-refractivity contribution in [2.24, 2.45) is 5.84 Å². The predicted molar refractivity (Wildman–Crippen MR) is 75.9 cm³/mol. The predicted octanol–water partition coefficient (Wildman–Crippen LogP) is 2.24. The molecule has 0 radical (unpaired) electrons. The van der Waals surface area contributed by atoms with Crippen molar-refractivity contribution in [3.8, 4) is 0 Å². The molecule has 0 saturated carbocycles. The molecule has 1 aromatic carbocycles. The number of aryl methyl sites for hydroxylation is 2. The molecule has 0 fully saturated rings. The van der Waals surface area contributed by atoms with E-state index in [1.165, 1.54) is 0 Å². The number of hydrogen-bond acceptors (Lipinski definition) is 4. The Kier molecular flexibility index (Phi) is 3.77. The number of rotatable bonds is 3. The van der Waals surface area contributed by atoms with Gasteiger partial charge in [-0.3, -0.25) is 4.79 Å². The normalized spacial score (nSPS) is 10.1. The summed E-state index contributed by atoms with van der Waals surface area (Å²) in [4.78, 5) is 16.2. The summed E-state index contributed by atoms with van der Waals surface area (Å²) in [6.45, 7) is 3.96. The fourth-order valence-corrected chi connectivity index (χ4v) is 1.85. The Labute approximate surface area is 111 Å². The first-order valence-electron chi connectivity index (χ1n) is 5.92. The molecule has 1 heterocycles. The lowest BCUT2D eigenvalue weighted by Crippen LogP contribution is -2.18. The van der Waals surface area contributed by atoms with Crippen LogP contribution in [0.4, 0.5) is 11.5 Å². The molecule has 0 atom stereocenters. The van der Waals surface area contributed by atoms with Gasteiger partial charge in [-0.15, -0.1) is 0 Å². The Bertz CT molecular complexity index is 610. The van der Waals surface area contributed by atoms with Gasteiger partial charge in [-0.1, -0.05) is 17.7 Å². The molecule has 0 unspecified atom stereocenters. The molecule has 19 heavy (non-hydrogen) atoms. The Morgan fingerprint density at radius 3 is 2.74 bits per heavy atom. The SMILES string of the molecule is Cc1ccc(NC(=O)c2cccnc2NN)c(C)c1. The van der Waals surface area contributed by atoms with Gasteiger partial charge < -0.3 is 10.7 Å². The molecule has 0 saturated heterocycles. The molecule has 0 aliphatic rings. The topological polar surface area (TPSA) is 80.0 Å². The molecule has 98 valence electrons. The zero-order valence-corrected chi connectivity index (χ0v) is 10.9. The van der Waals surface area contributed by atoms with E-state index in [0.29, 0.717) is 11.4 Å². The average molecular weight is 256 g/mol. The number of hydrazine groups is 1. The number of anilines is 2. The van der Waals surface area contributed by atoms with Gasteiger partial charge in [0.15, 0.2) is 5.82 Å². The number of amides is 1. The van der Waals surface area contributed by atoms with E-state index in [1.54, 1.807) is 18.3 Å². The van der Waals surface area contributed by atoms with Crippen LogP contribution in [0.2, 0.25) is 0 Å². The molecule has 5 heteroatoms. The van der Waals surface area contributed by atoms with Crippen LogP contribution in [-0.2, 0) is 0 Å². The zero-order valence-electron chi connectivity index (χ0n) is 10.9. The van der Waals surface area contributed by atoms with E-state index in [2.05, 4.69) is 15.7 Å².